The van der Waals surface area contributed by atoms with Gasteiger partial charge in [0.25, 0.3) is 0 Å². The second-order valence-corrected chi connectivity index (χ2v) is 8.50. The molecule has 0 aromatic rings. The van der Waals surface area contributed by atoms with Crippen molar-refractivity contribution in [1.29, 1.82) is 0 Å². The van der Waals surface area contributed by atoms with Crippen molar-refractivity contribution in [3.63, 3.8) is 0 Å². The summed E-state index contributed by atoms with van der Waals surface area (Å²) in [6.45, 7) is 6.71. The summed E-state index contributed by atoms with van der Waals surface area (Å²) in [5, 5.41) is 11.3. The lowest BCUT2D eigenvalue weighted by Crippen LogP contribution is -2.64. The first-order valence-electron chi connectivity index (χ1n) is 10.3. The highest BCUT2D eigenvalue weighted by molar-refractivity contribution is 5.73. The van der Waals surface area contributed by atoms with Crippen LogP contribution in [0.25, 0.3) is 0 Å². The zero-order chi connectivity index (χ0) is 18.5. The number of quaternary nitrogens is 1. The minimum absolute atomic E-state index is 0.493. The van der Waals surface area contributed by atoms with Crippen LogP contribution < -0.4 is 5.11 Å². The monoisotopic (exact) mass is 341 g/mol. The van der Waals surface area contributed by atoms with Crippen LogP contribution in [-0.4, -0.2) is 36.6 Å². The highest BCUT2D eigenvalue weighted by Gasteiger charge is 2.37. The van der Waals surface area contributed by atoms with Gasteiger partial charge in [0, 0.05) is 0 Å². The van der Waals surface area contributed by atoms with Gasteiger partial charge in [-0.1, -0.05) is 77.6 Å². The lowest BCUT2D eigenvalue weighted by atomic mass is 9.99. The summed E-state index contributed by atoms with van der Waals surface area (Å²) in [6, 6.07) is 0. The van der Waals surface area contributed by atoms with Gasteiger partial charge in [-0.2, -0.15) is 0 Å². The topological polar surface area (TPSA) is 40.1 Å². The number of aliphatic carboxylic acids is 1. The van der Waals surface area contributed by atoms with Crippen LogP contribution in [0.5, 0.6) is 0 Å². The molecule has 0 unspecified atom stereocenters. The second-order valence-electron chi connectivity index (χ2n) is 8.50. The van der Waals surface area contributed by atoms with Crippen LogP contribution in [0.1, 0.15) is 104 Å². The summed E-state index contributed by atoms with van der Waals surface area (Å²) >= 11 is 0. The Hall–Kier alpha value is -0.570. The number of carbonyl (C=O) groups is 1. The fraction of sp³-hybridized carbons (Fsp3) is 0.952. The number of unbranched alkanes of at least 4 members (excludes halogenated alkanes) is 12. The molecule has 3 nitrogen and oxygen atoms in total. The highest BCUT2D eigenvalue weighted by Crippen LogP contribution is 2.21. The molecule has 0 amide bonds. The van der Waals surface area contributed by atoms with Crippen molar-refractivity contribution < 1.29 is 14.4 Å². The van der Waals surface area contributed by atoms with Gasteiger partial charge in [-0.3, -0.25) is 0 Å². The first-order valence-corrected chi connectivity index (χ1v) is 10.3. The van der Waals surface area contributed by atoms with Crippen molar-refractivity contribution in [3.05, 3.63) is 0 Å². The molecule has 0 heterocycles. The Morgan fingerprint density at radius 2 is 1.08 bits per heavy atom. The van der Waals surface area contributed by atoms with Gasteiger partial charge in [0.05, 0.1) is 20.6 Å². The minimum Gasteiger partial charge on any atom is -0.544 e. The van der Waals surface area contributed by atoms with Crippen molar-refractivity contribution in [1.82, 2.24) is 0 Å². The number of likely N-dealkylation sites (N-methyl/N-ethyl adjacent to an activating group) is 1. The molecule has 0 spiro atoms. The molecule has 3 heteroatoms. The Morgan fingerprint density at radius 3 is 1.42 bits per heavy atom. The normalized spacial score (nSPS) is 12.5. The number of carbonyl (C=O) groups excluding carboxylic acids is 1. The third kappa shape index (κ3) is 9.66. The summed E-state index contributed by atoms with van der Waals surface area (Å²) in [6.07, 6.45) is 17.5. The van der Waals surface area contributed by atoms with E-state index in [0.29, 0.717) is 4.48 Å². The number of hydrogen-bond acceptors (Lipinski definition) is 2. The smallest absolute Gasteiger partial charge is 0.133 e. The number of nitrogens with zero attached hydrogens (tertiary/aromatic N) is 1. The molecule has 144 valence electrons. The van der Waals surface area contributed by atoms with Gasteiger partial charge < -0.3 is 14.4 Å². The van der Waals surface area contributed by atoms with Crippen LogP contribution in [0.15, 0.2) is 0 Å². The zero-order valence-electron chi connectivity index (χ0n) is 17.2. The Bertz CT molecular complexity index is 324. The average Bonchev–Trinajstić information content (AvgIpc) is 2.51. The van der Waals surface area contributed by atoms with Gasteiger partial charge in [-0.15, -0.1) is 0 Å². The average molecular weight is 342 g/mol. The number of rotatable bonds is 16. The third-order valence-corrected chi connectivity index (χ3v) is 5.83. The molecule has 0 aromatic heterocycles. The lowest BCUT2D eigenvalue weighted by Gasteiger charge is -2.45. The van der Waals surface area contributed by atoms with Crippen molar-refractivity contribution in [2.24, 2.45) is 0 Å². The highest BCUT2D eigenvalue weighted by atomic mass is 16.4. The molecule has 0 fully saturated rings. The number of carboxylic acids is 1. The standard InChI is InChI=1S/C21H43NO2/c1-6-7-8-9-10-11-12-13-14-15-16-17-18-19-22(4,5)21(2,3)20(23)24/h6-19H2,1-5H3. The van der Waals surface area contributed by atoms with Crippen molar-refractivity contribution in [2.75, 3.05) is 20.6 Å². The van der Waals surface area contributed by atoms with Crippen molar-refractivity contribution >= 4 is 5.97 Å². The van der Waals surface area contributed by atoms with Crippen molar-refractivity contribution in [2.45, 2.75) is 110 Å². The Labute approximate surface area is 151 Å². The van der Waals surface area contributed by atoms with E-state index in [1.807, 2.05) is 14.1 Å². The molecule has 0 rings (SSSR count). The molecular formula is C21H43NO2. The Balaban J connectivity index is 3.50. The van der Waals surface area contributed by atoms with Gasteiger partial charge in [0.1, 0.15) is 11.5 Å². The first-order chi connectivity index (χ1) is 11.3. The van der Waals surface area contributed by atoms with Gasteiger partial charge in [0.15, 0.2) is 0 Å². The summed E-state index contributed by atoms with van der Waals surface area (Å²) in [5.41, 5.74) is -0.822. The molecule has 0 atom stereocenters. The summed E-state index contributed by atoms with van der Waals surface area (Å²) in [4.78, 5) is 11.3. The van der Waals surface area contributed by atoms with Crippen LogP contribution in [0.3, 0.4) is 0 Å². The predicted octanol–water partition coefficient (Wildman–Crippen LogP) is 4.68. The molecule has 0 bridgehead atoms. The fourth-order valence-corrected chi connectivity index (χ4v) is 3.05. The number of hydrogen-bond donors (Lipinski definition) is 0. The maximum Gasteiger partial charge on any atom is 0.133 e. The second kappa shape index (κ2) is 12.7. The molecule has 0 N–H and O–H groups in total. The predicted molar refractivity (Wildman–Crippen MR) is 102 cm³/mol. The van der Waals surface area contributed by atoms with Crippen molar-refractivity contribution in [3.8, 4) is 0 Å². The minimum atomic E-state index is -0.956. The Morgan fingerprint density at radius 1 is 0.750 bits per heavy atom. The van der Waals surface area contributed by atoms with Gasteiger partial charge >= 0.3 is 0 Å². The Kier molecular flexibility index (Phi) is 12.4. The van der Waals surface area contributed by atoms with Gasteiger partial charge in [-0.25, -0.2) is 0 Å². The van der Waals surface area contributed by atoms with E-state index in [1.54, 1.807) is 13.8 Å². The molecule has 0 aliphatic carbocycles. The van der Waals surface area contributed by atoms with E-state index in [-0.39, 0.29) is 0 Å². The fourth-order valence-electron chi connectivity index (χ4n) is 3.05. The van der Waals surface area contributed by atoms with Crippen LogP contribution >= 0.6 is 0 Å². The van der Waals surface area contributed by atoms with E-state index in [4.69, 9.17) is 0 Å². The van der Waals surface area contributed by atoms with Crippen LogP contribution in [0.4, 0.5) is 0 Å². The summed E-state index contributed by atoms with van der Waals surface area (Å²) < 4.78 is 0.493. The summed E-state index contributed by atoms with van der Waals surface area (Å²) in [5.74, 6) is -0.956. The lowest BCUT2D eigenvalue weighted by molar-refractivity contribution is -0.930. The van der Waals surface area contributed by atoms with E-state index >= 15 is 0 Å². The first kappa shape index (κ1) is 23.4. The third-order valence-electron chi connectivity index (χ3n) is 5.83. The molecule has 0 aliphatic rings. The van der Waals surface area contributed by atoms with E-state index in [1.165, 1.54) is 77.0 Å². The summed E-state index contributed by atoms with van der Waals surface area (Å²) in [7, 11) is 3.99. The molecule has 0 aromatic carbocycles. The van der Waals surface area contributed by atoms with Gasteiger partial charge in [0.2, 0.25) is 0 Å². The van der Waals surface area contributed by atoms with E-state index < -0.39 is 11.5 Å². The van der Waals surface area contributed by atoms with E-state index in [0.717, 1.165) is 13.0 Å². The quantitative estimate of drug-likeness (QED) is 0.302. The molecule has 0 saturated heterocycles. The molecule has 0 saturated carbocycles. The largest absolute Gasteiger partial charge is 0.544 e. The molecular weight excluding hydrogens is 298 g/mol. The van der Waals surface area contributed by atoms with Crippen LogP contribution in [0, 0.1) is 0 Å². The SMILES string of the molecule is CCCCCCCCCCCCCCC[N+](C)(C)C(C)(C)C(=O)[O-]. The maximum absolute atomic E-state index is 11.3. The number of carboxylic acid groups (broad SMARTS) is 1. The van der Waals surface area contributed by atoms with Gasteiger partial charge in [-0.05, 0) is 26.7 Å². The van der Waals surface area contributed by atoms with Crippen LogP contribution in [0.2, 0.25) is 0 Å². The van der Waals surface area contributed by atoms with E-state index in [2.05, 4.69) is 6.92 Å². The van der Waals surface area contributed by atoms with E-state index in [9.17, 15) is 9.90 Å². The molecule has 0 radical (unpaired) electrons. The molecule has 24 heavy (non-hydrogen) atoms. The van der Waals surface area contributed by atoms with Crippen LogP contribution in [-0.2, 0) is 4.79 Å². The molecule has 0 aliphatic heterocycles. The zero-order valence-corrected chi connectivity index (χ0v) is 17.2. The maximum atomic E-state index is 11.3.